The van der Waals surface area contributed by atoms with Crippen molar-refractivity contribution >= 4 is 0 Å². The summed E-state index contributed by atoms with van der Waals surface area (Å²) in [5, 5.41) is 10.8. The maximum Gasteiger partial charge on any atom is 0.0465 e. The third kappa shape index (κ3) is 11.9. The minimum atomic E-state index is 0.360. The molecule has 1 saturated heterocycles. The molecule has 1 heterocycles. The summed E-state index contributed by atoms with van der Waals surface area (Å²) in [5.74, 6) is 3.86. The predicted molar refractivity (Wildman–Crippen MR) is 167 cm³/mol. The predicted octanol–water partition coefficient (Wildman–Crippen LogP) is 9.03. The first-order chi connectivity index (χ1) is 18.3. The summed E-state index contributed by atoms with van der Waals surface area (Å²) < 4.78 is 0. The zero-order valence-corrected chi connectivity index (χ0v) is 25.6. The average molecular weight is 526 g/mol. The summed E-state index contributed by atoms with van der Waals surface area (Å²) in [6, 6.07) is 2.13. The number of nitrogens with one attached hydrogen (secondary N) is 3. The quantitative estimate of drug-likeness (QED) is 0.0795. The standard InChI is InChI=1S/C35H63N3/c1-26(2)33(37-30(6)16-10-8-12-18-32-24-34-35(25-32)38-34)19-13-14-22-36-29(5)15-9-7-11-17-31-21-20-27(3)28(4)23-31/h27-28,31-38H,1,5-25H2,2-4H3. The van der Waals surface area contributed by atoms with Gasteiger partial charge in [0, 0.05) is 36.1 Å². The molecule has 0 bridgehead atoms. The van der Waals surface area contributed by atoms with Crippen molar-refractivity contribution in [1.82, 2.24) is 16.0 Å². The molecule has 0 spiro atoms. The average Bonchev–Trinajstić information content (AvgIpc) is 3.49. The van der Waals surface area contributed by atoms with Crippen molar-refractivity contribution in [3.05, 3.63) is 36.7 Å². The molecule has 0 radical (unpaired) electrons. The van der Waals surface area contributed by atoms with Gasteiger partial charge in [-0.05, 0) is 94.8 Å². The smallest absolute Gasteiger partial charge is 0.0465 e. The van der Waals surface area contributed by atoms with Gasteiger partial charge >= 0.3 is 0 Å². The molecule has 3 fully saturated rings. The molecule has 0 amide bonds. The molecule has 3 N–H and O–H groups in total. The number of rotatable bonds is 21. The van der Waals surface area contributed by atoms with Crippen LogP contribution in [0.15, 0.2) is 36.7 Å². The topological polar surface area (TPSA) is 46.0 Å². The third-order valence-corrected chi connectivity index (χ3v) is 10.1. The minimum absolute atomic E-state index is 0.360. The summed E-state index contributed by atoms with van der Waals surface area (Å²) in [5.41, 5.74) is 3.66. The zero-order chi connectivity index (χ0) is 27.3. The first-order valence-corrected chi connectivity index (χ1v) is 16.6. The van der Waals surface area contributed by atoms with Crippen LogP contribution < -0.4 is 16.0 Å². The van der Waals surface area contributed by atoms with Crippen LogP contribution >= 0.6 is 0 Å². The Morgan fingerprint density at radius 3 is 2.05 bits per heavy atom. The van der Waals surface area contributed by atoms with Gasteiger partial charge in [0.1, 0.15) is 0 Å². The maximum absolute atomic E-state index is 4.33. The Balaban J connectivity index is 1.12. The van der Waals surface area contributed by atoms with Crippen LogP contribution in [0.2, 0.25) is 0 Å². The van der Waals surface area contributed by atoms with Crippen LogP contribution in [-0.2, 0) is 0 Å². The largest absolute Gasteiger partial charge is 0.389 e. The van der Waals surface area contributed by atoms with E-state index in [0.29, 0.717) is 6.04 Å². The molecule has 3 aliphatic rings. The number of allylic oxidation sites excluding steroid dienone is 2. The molecular formula is C35H63N3. The second kappa shape index (κ2) is 16.8. The van der Waals surface area contributed by atoms with E-state index in [4.69, 9.17) is 0 Å². The van der Waals surface area contributed by atoms with Crippen LogP contribution in [-0.4, -0.2) is 24.7 Å². The van der Waals surface area contributed by atoms with Crippen LogP contribution in [0, 0.1) is 23.7 Å². The highest BCUT2D eigenvalue weighted by molar-refractivity contribution is 5.07. The van der Waals surface area contributed by atoms with Crippen LogP contribution in [0.5, 0.6) is 0 Å². The van der Waals surface area contributed by atoms with Gasteiger partial charge < -0.3 is 16.0 Å². The van der Waals surface area contributed by atoms with Crippen LogP contribution in [0.25, 0.3) is 0 Å². The van der Waals surface area contributed by atoms with Crippen molar-refractivity contribution in [2.75, 3.05) is 6.54 Å². The van der Waals surface area contributed by atoms with Crippen LogP contribution in [0.4, 0.5) is 0 Å². The number of fused-ring (bicyclic) bond motifs is 1. The fourth-order valence-corrected chi connectivity index (χ4v) is 7.14. The molecule has 0 aromatic rings. The van der Waals surface area contributed by atoms with Gasteiger partial charge in [-0.2, -0.15) is 0 Å². The van der Waals surface area contributed by atoms with Gasteiger partial charge in [-0.25, -0.2) is 0 Å². The Labute approximate surface area is 237 Å². The Kier molecular flexibility index (Phi) is 13.8. The number of unbranched alkanes of at least 4 members (excludes halogenated alkanes) is 5. The molecular weight excluding hydrogens is 462 g/mol. The van der Waals surface area contributed by atoms with Gasteiger partial charge in [-0.3, -0.25) is 0 Å². The highest BCUT2D eigenvalue weighted by atomic mass is 15.2. The summed E-state index contributed by atoms with van der Waals surface area (Å²) in [6.07, 6.45) is 23.9. The Hall–Kier alpha value is -1.22. The van der Waals surface area contributed by atoms with Crippen molar-refractivity contribution in [3.8, 4) is 0 Å². The van der Waals surface area contributed by atoms with Gasteiger partial charge in [0.15, 0.2) is 0 Å². The van der Waals surface area contributed by atoms with E-state index < -0.39 is 0 Å². The van der Waals surface area contributed by atoms with E-state index in [0.717, 1.165) is 61.6 Å². The maximum atomic E-state index is 4.33. The van der Waals surface area contributed by atoms with Crippen molar-refractivity contribution in [2.45, 2.75) is 154 Å². The van der Waals surface area contributed by atoms with Gasteiger partial charge in [0.25, 0.3) is 0 Å². The number of hydrogen-bond donors (Lipinski definition) is 3. The van der Waals surface area contributed by atoms with E-state index in [-0.39, 0.29) is 0 Å². The van der Waals surface area contributed by atoms with Crippen molar-refractivity contribution < 1.29 is 0 Å². The first-order valence-electron chi connectivity index (χ1n) is 16.6. The van der Waals surface area contributed by atoms with E-state index in [1.807, 2.05) is 0 Å². The zero-order valence-electron chi connectivity index (χ0n) is 25.6. The molecule has 0 aromatic carbocycles. The lowest BCUT2D eigenvalue weighted by Gasteiger charge is -2.32. The SMILES string of the molecule is C=C(CCCCCC1CCC(C)C(C)C1)NCCCCC(NC(=C)CCCCCC1CC2NC2C1)C(=C)C. The molecule has 38 heavy (non-hydrogen) atoms. The third-order valence-electron chi connectivity index (χ3n) is 10.1. The Bertz CT molecular complexity index is 717. The van der Waals surface area contributed by atoms with Gasteiger partial charge in [-0.15, -0.1) is 0 Å². The summed E-state index contributed by atoms with van der Waals surface area (Å²) in [6.45, 7) is 20.9. The molecule has 218 valence electrons. The molecule has 0 aromatic heterocycles. The van der Waals surface area contributed by atoms with E-state index >= 15 is 0 Å². The highest BCUT2D eigenvalue weighted by Gasteiger charge is 2.44. The monoisotopic (exact) mass is 526 g/mol. The summed E-state index contributed by atoms with van der Waals surface area (Å²) in [7, 11) is 0. The van der Waals surface area contributed by atoms with E-state index in [2.05, 4.69) is 56.5 Å². The molecule has 2 aliphatic carbocycles. The van der Waals surface area contributed by atoms with Crippen LogP contribution in [0.1, 0.15) is 136 Å². The molecule has 6 unspecified atom stereocenters. The second-order valence-electron chi connectivity index (χ2n) is 13.7. The summed E-state index contributed by atoms with van der Waals surface area (Å²) in [4.78, 5) is 0. The Morgan fingerprint density at radius 2 is 1.39 bits per heavy atom. The lowest BCUT2D eigenvalue weighted by atomic mass is 9.74. The molecule has 1 aliphatic heterocycles. The molecule has 6 atom stereocenters. The Morgan fingerprint density at radius 1 is 0.737 bits per heavy atom. The summed E-state index contributed by atoms with van der Waals surface area (Å²) >= 11 is 0. The van der Waals surface area contributed by atoms with Crippen molar-refractivity contribution in [3.63, 3.8) is 0 Å². The van der Waals surface area contributed by atoms with Crippen LogP contribution in [0.3, 0.4) is 0 Å². The van der Waals surface area contributed by atoms with E-state index in [9.17, 15) is 0 Å². The minimum Gasteiger partial charge on any atom is -0.389 e. The van der Waals surface area contributed by atoms with Gasteiger partial charge in [-0.1, -0.05) is 90.5 Å². The molecule has 3 nitrogen and oxygen atoms in total. The number of piperidine rings is 1. The second-order valence-corrected chi connectivity index (χ2v) is 13.7. The van der Waals surface area contributed by atoms with Gasteiger partial charge in [0.2, 0.25) is 0 Å². The highest BCUT2D eigenvalue weighted by Crippen LogP contribution is 2.38. The van der Waals surface area contributed by atoms with Crippen molar-refractivity contribution in [2.24, 2.45) is 23.7 Å². The van der Waals surface area contributed by atoms with E-state index in [1.165, 1.54) is 113 Å². The fourth-order valence-electron chi connectivity index (χ4n) is 7.14. The van der Waals surface area contributed by atoms with Crippen molar-refractivity contribution in [1.29, 1.82) is 0 Å². The van der Waals surface area contributed by atoms with Gasteiger partial charge in [0.05, 0.1) is 0 Å². The first kappa shape index (κ1) is 31.3. The molecule has 3 heteroatoms. The number of hydrogen-bond acceptors (Lipinski definition) is 3. The molecule has 3 rings (SSSR count). The van der Waals surface area contributed by atoms with E-state index in [1.54, 1.807) is 0 Å². The lowest BCUT2D eigenvalue weighted by molar-refractivity contribution is 0.197. The molecule has 2 saturated carbocycles. The lowest BCUT2D eigenvalue weighted by Crippen LogP contribution is -2.29. The normalized spacial score (nSPS) is 28.9. The fraction of sp³-hybridized carbons (Fsp3) is 0.829.